The molecule has 0 saturated heterocycles. The zero-order valence-electron chi connectivity index (χ0n) is 12.3. The SMILES string of the molecule is Cc1cnc(C(=O)NCC2(C(=O)O)CCCCCC2)cn1. The molecule has 6 nitrogen and oxygen atoms in total. The maximum atomic E-state index is 12.0. The number of nitrogens with one attached hydrogen (secondary N) is 1. The molecule has 0 spiro atoms. The molecule has 1 aliphatic carbocycles. The second-order valence-electron chi connectivity index (χ2n) is 5.73. The molecule has 114 valence electrons. The molecule has 2 N–H and O–H groups in total. The van der Waals surface area contributed by atoms with E-state index in [1.54, 1.807) is 6.92 Å². The minimum Gasteiger partial charge on any atom is -0.481 e. The number of rotatable bonds is 4. The van der Waals surface area contributed by atoms with E-state index in [2.05, 4.69) is 15.3 Å². The van der Waals surface area contributed by atoms with Crippen molar-refractivity contribution in [3.63, 3.8) is 0 Å². The third kappa shape index (κ3) is 3.77. The van der Waals surface area contributed by atoms with E-state index >= 15 is 0 Å². The number of aryl methyl sites for hydroxylation is 1. The zero-order valence-corrected chi connectivity index (χ0v) is 12.3. The topological polar surface area (TPSA) is 92.2 Å². The van der Waals surface area contributed by atoms with Crippen molar-refractivity contribution in [3.8, 4) is 0 Å². The predicted octanol–water partition coefficient (Wildman–Crippen LogP) is 1.94. The first-order valence-corrected chi connectivity index (χ1v) is 7.34. The van der Waals surface area contributed by atoms with Crippen molar-refractivity contribution >= 4 is 11.9 Å². The van der Waals surface area contributed by atoms with E-state index in [9.17, 15) is 14.7 Å². The lowest BCUT2D eigenvalue weighted by Crippen LogP contribution is -2.43. The summed E-state index contributed by atoms with van der Waals surface area (Å²) in [6, 6.07) is 0. The molecule has 0 bridgehead atoms. The fraction of sp³-hybridized carbons (Fsp3) is 0.600. The molecule has 0 unspecified atom stereocenters. The Bertz CT molecular complexity index is 505. The fourth-order valence-corrected chi connectivity index (χ4v) is 2.72. The number of amides is 1. The van der Waals surface area contributed by atoms with Gasteiger partial charge in [0.05, 0.1) is 17.3 Å². The third-order valence-electron chi connectivity index (χ3n) is 4.12. The molecular formula is C15H21N3O3. The van der Waals surface area contributed by atoms with Gasteiger partial charge < -0.3 is 10.4 Å². The predicted molar refractivity (Wildman–Crippen MR) is 76.9 cm³/mol. The van der Waals surface area contributed by atoms with Crippen LogP contribution < -0.4 is 5.32 Å². The van der Waals surface area contributed by atoms with Crippen molar-refractivity contribution < 1.29 is 14.7 Å². The molecule has 0 radical (unpaired) electrons. The highest BCUT2D eigenvalue weighted by Gasteiger charge is 2.39. The maximum Gasteiger partial charge on any atom is 0.311 e. The Hall–Kier alpha value is -1.98. The lowest BCUT2D eigenvalue weighted by Gasteiger charge is -2.28. The van der Waals surface area contributed by atoms with Crippen molar-refractivity contribution in [2.45, 2.75) is 45.4 Å². The Kier molecular flexibility index (Phi) is 4.88. The molecule has 1 amide bonds. The summed E-state index contributed by atoms with van der Waals surface area (Å²) in [6.07, 6.45) is 8.07. The molecule has 1 aliphatic rings. The van der Waals surface area contributed by atoms with E-state index < -0.39 is 11.4 Å². The van der Waals surface area contributed by atoms with Gasteiger partial charge in [-0.25, -0.2) is 4.98 Å². The summed E-state index contributed by atoms with van der Waals surface area (Å²) < 4.78 is 0. The number of carbonyl (C=O) groups excluding carboxylic acids is 1. The number of aliphatic carboxylic acids is 1. The molecule has 0 aliphatic heterocycles. The largest absolute Gasteiger partial charge is 0.481 e. The van der Waals surface area contributed by atoms with Gasteiger partial charge in [0.1, 0.15) is 5.69 Å². The lowest BCUT2D eigenvalue weighted by molar-refractivity contribution is -0.149. The number of nitrogens with zero attached hydrogens (tertiary/aromatic N) is 2. The Balaban J connectivity index is 2.02. The van der Waals surface area contributed by atoms with Crippen LogP contribution >= 0.6 is 0 Å². The monoisotopic (exact) mass is 291 g/mol. The normalized spacial score (nSPS) is 17.8. The van der Waals surface area contributed by atoms with Crippen LogP contribution in [0.5, 0.6) is 0 Å². The van der Waals surface area contributed by atoms with Crippen LogP contribution in [-0.2, 0) is 4.79 Å². The molecule has 6 heteroatoms. The van der Waals surface area contributed by atoms with E-state index in [1.165, 1.54) is 12.4 Å². The van der Waals surface area contributed by atoms with E-state index in [4.69, 9.17) is 0 Å². The van der Waals surface area contributed by atoms with Crippen LogP contribution in [-0.4, -0.2) is 33.5 Å². The molecular weight excluding hydrogens is 270 g/mol. The first-order valence-electron chi connectivity index (χ1n) is 7.34. The van der Waals surface area contributed by atoms with Gasteiger partial charge in [-0.2, -0.15) is 0 Å². The van der Waals surface area contributed by atoms with Gasteiger partial charge in [-0.3, -0.25) is 14.6 Å². The molecule has 1 fully saturated rings. The van der Waals surface area contributed by atoms with Crippen LogP contribution in [0, 0.1) is 12.3 Å². The zero-order chi connectivity index (χ0) is 15.3. The van der Waals surface area contributed by atoms with Crippen LogP contribution in [0.2, 0.25) is 0 Å². The van der Waals surface area contributed by atoms with Gasteiger partial charge in [0.2, 0.25) is 0 Å². The van der Waals surface area contributed by atoms with Crippen molar-refractivity contribution in [1.82, 2.24) is 15.3 Å². The molecule has 1 aromatic heterocycles. The number of hydrogen-bond donors (Lipinski definition) is 2. The standard InChI is InChI=1S/C15H21N3O3/c1-11-8-17-12(9-16-11)13(19)18-10-15(14(20)21)6-4-2-3-5-7-15/h8-9H,2-7,10H2,1H3,(H,18,19)(H,20,21). The quantitative estimate of drug-likeness (QED) is 0.827. The van der Waals surface area contributed by atoms with Crippen LogP contribution in [0.25, 0.3) is 0 Å². The molecule has 1 heterocycles. The summed E-state index contributed by atoms with van der Waals surface area (Å²) in [7, 11) is 0. The molecule has 0 aromatic carbocycles. The Labute approximate surface area is 124 Å². The molecule has 21 heavy (non-hydrogen) atoms. The molecule has 2 rings (SSSR count). The average Bonchev–Trinajstić information content (AvgIpc) is 2.72. The second kappa shape index (κ2) is 6.65. The van der Waals surface area contributed by atoms with Crippen molar-refractivity contribution in [1.29, 1.82) is 0 Å². The number of hydrogen-bond acceptors (Lipinski definition) is 4. The summed E-state index contributed by atoms with van der Waals surface area (Å²) in [5, 5.41) is 12.3. The summed E-state index contributed by atoms with van der Waals surface area (Å²) >= 11 is 0. The second-order valence-corrected chi connectivity index (χ2v) is 5.73. The van der Waals surface area contributed by atoms with E-state index in [0.29, 0.717) is 12.8 Å². The number of aromatic nitrogens is 2. The number of carboxylic acid groups (broad SMARTS) is 1. The first kappa shape index (κ1) is 15.4. The Morgan fingerprint density at radius 3 is 2.38 bits per heavy atom. The van der Waals surface area contributed by atoms with Crippen molar-refractivity contribution in [2.75, 3.05) is 6.54 Å². The Morgan fingerprint density at radius 2 is 1.86 bits per heavy atom. The average molecular weight is 291 g/mol. The highest BCUT2D eigenvalue weighted by molar-refractivity contribution is 5.92. The minimum atomic E-state index is -0.843. The van der Waals surface area contributed by atoms with Crippen molar-refractivity contribution in [2.24, 2.45) is 5.41 Å². The van der Waals surface area contributed by atoms with Crippen LogP contribution in [0.1, 0.15) is 54.7 Å². The van der Waals surface area contributed by atoms with Gasteiger partial charge >= 0.3 is 5.97 Å². The maximum absolute atomic E-state index is 12.0. The summed E-state index contributed by atoms with van der Waals surface area (Å²) in [6.45, 7) is 1.94. The van der Waals surface area contributed by atoms with Gasteiger partial charge in [0.25, 0.3) is 5.91 Å². The fourth-order valence-electron chi connectivity index (χ4n) is 2.72. The van der Waals surface area contributed by atoms with Crippen molar-refractivity contribution in [3.05, 3.63) is 23.8 Å². The summed E-state index contributed by atoms with van der Waals surface area (Å²) in [5.74, 6) is -1.19. The number of carbonyl (C=O) groups is 2. The van der Waals surface area contributed by atoms with E-state index in [0.717, 1.165) is 31.4 Å². The van der Waals surface area contributed by atoms with Gasteiger partial charge in [-0.05, 0) is 19.8 Å². The first-order chi connectivity index (χ1) is 10.0. The number of carboxylic acids is 1. The van der Waals surface area contributed by atoms with Crippen LogP contribution in [0.15, 0.2) is 12.4 Å². The van der Waals surface area contributed by atoms with Crippen LogP contribution in [0.4, 0.5) is 0 Å². The van der Waals surface area contributed by atoms with Gasteiger partial charge in [-0.15, -0.1) is 0 Å². The third-order valence-corrected chi connectivity index (χ3v) is 4.12. The summed E-state index contributed by atoms with van der Waals surface area (Å²) in [4.78, 5) is 31.7. The minimum absolute atomic E-state index is 0.150. The van der Waals surface area contributed by atoms with Gasteiger partial charge in [0.15, 0.2) is 0 Å². The van der Waals surface area contributed by atoms with E-state index in [1.807, 2.05) is 0 Å². The van der Waals surface area contributed by atoms with Gasteiger partial charge in [0, 0.05) is 12.7 Å². The molecule has 1 saturated carbocycles. The molecule has 0 atom stereocenters. The van der Waals surface area contributed by atoms with Crippen LogP contribution in [0.3, 0.4) is 0 Å². The van der Waals surface area contributed by atoms with Gasteiger partial charge in [-0.1, -0.05) is 25.7 Å². The Morgan fingerprint density at radius 1 is 1.19 bits per heavy atom. The highest BCUT2D eigenvalue weighted by atomic mass is 16.4. The smallest absolute Gasteiger partial charge is 0.311 e. The molecule has 1 aromatic rings. The highest BCUT2D eigenvalue weighted by Crippen LogP contribution is 2.34. The lowest BCUT2D eigenvalue weighted by atomic mass is 9.80. The van der Waals surface area contributed by atoms with E-state index in [-0.39, 0.29) is 18.1 Å². The summed E-state index contributed by atoms with van der Waals surface area (Å²) in [5.41, 5.74) is 0.108.